The SMILES string of the molecule is O=[N+]([O-])c1ccccc1N(Br)Cc1cccc2c1OC(F)(F)O2. The fourth-order valence-corrected chi connectivity index (χ4v) is 2.78. The van der Waals surface area contributed by atoms with E-state index in [0.29, 0.717) is 11.3 Å². The van der Waals surface area contributed by atoms with E-state index in [-0.39, 0.29) is 23.7 Å². The van der Waals surface area contributed by atoms with Crippen molar-refractivity contribution in [3.63, 3.8) is 0 Å². The van der Waals surface area contributed by atoms with E-state index in [2.05, 4.69) is 25.6 Å². The summed E-state index contributed by atoms with van der Waals surface area (Å²) in [7, 11) is 0. The number of nitrogens with zero attached hydrogens (tertiary/aromatic N) is 2. The van der Waals surface area contributed by atoms with E-state index in [1.165, 1.54) is 16.1 Å². The number of halogens is 3. The van der Waals surface area contributed by atoms with Crippen LogP contribution in [0.4, 0.5) is 20.2 Å². The summed E-state index contributed by atoms with van der Waals surface area (Å²) >= 11 is 3.22. The van der Waals surface area contributed by atoms with Gasteiger partial charge in [0.25, 0.3) is 5.69 Å². The summed E-state index contributed by atoms with van der Waals surface area (Å²) in [5, 5.41) is 11.1. The predicted octanol–water partition coefficient (Wildman–Crippen LogP) is 4.23. The molecule has 0 saturated carbocycles. The van der Waals surface area contributed by atoms with Crippen molar-refractivity contribution in [3.05, 3.63) is 58.1 Å². The molecule has 9 heteroatoms. The van der Waals surface area contributed by atoms with E-state index >= 15 is 0 Å². The average molecular weight is 387 g/mol. The lowest BCUT2D eigenvalue weighted by molar-refractivity contribution is -0.384. The lowest BCUT2D eigenvalue weighted by Crippen LogP contribution is -2.26. The van der Waals surface area contributed by atoms with Crippen LogP contribution in [-0.2, 0) is 6.54 Å². The highest BCUT2D eigenvalue weighted by molar-refractivity contribution is 9.10. The Hall–Kier alpha value is -2.42. The minimum atomic E-state index is -3.71. The zero-order chi connectivity index (χ0) is 16.6. The first kappa shape index (κ1) is 15.5. The van der Waals surface area contributed by atoms with E-state index in [9.17, 15) is 18.9 Å². The molecule has 0 fully saturated rings. The Balaban J connectivity index is 1.90. The molecule has 2 aromatic carbocycles. The standard InChI is InChI=1S/C14H9BrF2N2O4/c15-18(10-5-1-2-6-11(10)19(20)21)8-9-4-3-7-12-13(9)23-14(16,17)22-12/h1-7H,8H2. The second-order valence-electron chi connectivity index (χ2n) is 4.68. The van der Waals surface area contributed by atoms with E-state index in [1.54, 1.807) is 30.3 Å². The van der Waals surface area contributed by atoms with Crippen LogP contribution >= 0.6 is 16.1 Å². The fraction of sp³-hybridized carbons (Fsp3) is 0.143. The molecule has 1 heterocycles. The first-order chi connectivity index (χ1) is 10.9. The monoisotopic (exact) mass is 386 g/mol. The third-order valence-corrected chi connectivity index (χ3v) is 3.79. The van der Waals surface area contributed by atoms with E-state index < -0.39 is 11.2 Å². The number of fused-ring (bicyclic) bond motifs is 1. The molecular formula is C14H9BrF2N2O4. The highest BCUT2D eigenvalue weighted by Crippen LogP contribution is 2.44. The molecule has 0 N–H and O–H groups in total. The summed E-state index contributed by atoms with van der Waals surface area (Å²) in [6.45, 7) is 0.0630. The van der Waals surface area contributed by atoms with Crippen LogP contribution in [-0.4, -0.2) is 11.2 Å². The first-order valence-electron chi connectivity index (χ1n) is 6.42. The van der Waals surface area contributed by atoms with Gasteiger partial charge in [0.2, 0.25) is 0 Å². The highest BCUT2D eigenvalue weighted by Gasteiger charge is 2.44. The average Bonchev–Trinajstić information content (AvgIpc) is 2.82. The summed E-state index contributed by atoms with van der Waals surface area (Å²) in [5.74, 6) is -0.156. The van der Waals surface area contributed by atoms with Gasteiger partial charge in [-0.25, -0.2) is 0 Å². The summed E-state index contributed by atoms with van der Waals surface area (Å²) in [6.07, 6.45) is -3.71. The summed E-state index contributed by atoms with van der Waals surface area (Å²) in [5.41, 5.74) is 0.579. The molecule has 0 saturated heterocycles. The van der Waals surface area contributed by atoms with Crippen molar-refractivity contribution in [3.8, 4) is 11.5 Å². The Morgan fingerprint density at radius 1 is 1.17 bits per heavy atom. The van der Waals surface area contributed by atoms with Gasteiger partial charge in [0.15, 0.2) is 11.5 Å². The van der Waals surface area contributed by atoms with Crippen molar-refractivity contribution in [1.29, 1.82) is 0 Å². The summed E-state index contributed by atoms with van der Waals surface area (Å²) < 4.78 is 36.7. The van der Waals surface area contributed by atoms with Crippen molar-refractivity contribution in [2.45, 2.75) is 12.8 Å². The third kappa shape index (κ3) is 3.04. The van der Waals surface area contributed by atoms with Gasteiger partial charge in [0, 0.05) is 11.6 Å². The first-order valence-corrected chi connectivity index (χ1v) is 7.13. The number of hydrogen-bond acceptors (Lipinski definition) is 5. The second kappa shape index (κ2) is 5.65. The Morgan fingerprint density at radius 2 is 1.91 bits per heavy atom. The predicted molar refractivity (Wildman–Crippen MR) is 80.9 cm³/mol. The van der Waals surface area contributed by atoms with Gasteiger partial charge in [-0.15, -0.1) is 8.78 Å². The van der Waals surface area contributed by atoms with Crippen LogP contribution in [0.25, 0.3) is 0 Å². The second-order valence-corrected chi connectivity index (χ2v) is 5.53. The number of hydrogen-bond donors (Lipinski definition) is 0. The van der Waals surface area contributed by atoms with E-state index in [4.69, 9.17) is 0 Å². The number of anilines is 1. The number of benzene rings is 2. The molecule has 0 aromatic heterocycles. The van der Waals surface area contributed by atoms with Crippen LogP contribution in [0.3, 0.4) is 0 Å². The van der Waals surface area contributed by atoms with Crippen LogP contribution in [0.1, 0.15) is 5.56 Å². The molecule has 120 valence electrons. The van der Waals surface area contributed by atoms with Gasteiger partial charge in [-0.05, 0) is 12.1 Å². The quantitative estimate of drug-likeness (QED) is 0.446. The maximum Gasteiger partial charge on any atom is 0.586 e. The molecule has 3 rings (SSSR count). The summed E-state index contributed by atoms with van der Waals surface area (Å²) in [6, 6.07) is 10.6. The summed E-state index contributed by atoms with van der Waals surface area (Å²) in [4.78, 5) is 10.5. The fourth-order valence-electron chi connectivity index (χ4n) is 2.21. The number of rotatable bonds is 4. The zero-order valence-electron chi connectivity index (χ0n) is 11.4. The van der Waals surface area contributed by atoms with Gasteiger partial charge in [0.1, 0.15) is 5.69 Å². The lowest BCUT2D eigenvalue weighted by atomic mass is 10.1. The van der Waals surface area contributed by atoms with Gasteiger partial charge in [-0.3, -0.25) is 14.0 Å². The maximum atomic E-state index is 13.2. The highest BCUT2D eigenvalue weighted by atomic mass is 79.9. The van der Waals surface area contributed by atoms with Crippen LogP contribution < -0.4 is 13.4 Å². The Bertz CT molecular complexity index is 772. The number of nitro groups is 1. The lowest BCUT2D eigenvalue weighted by Gasteiger charge is -2.17. The molecule has 0 aliphatic carbocycles. The van der Waals surface area contributed by atoms with Gasteiger partial charge >= 0.3 is 6.29 Å². The zero-order valence-corrected chi connectivity index (χ0v) is 13.0. The molecular weight excluding hydrogens is 378 g/mol. The molecule has 2 aromatic rings. The van der Waals surface area contributed by atoms with Gasteiger partial charge in [-0.2, -0.15) is 0 Å². The largest absolute Gasteiger partial charge is 0.586 e. The Kier molecular flexibility index (Phi) is 3.80. The maximum absolute atomic E-state index is 13.2. The van der Waals surface area contributed by atoms with Crippen molar-refractivity contribution in [1.82, 2.24) is 0 Å². The van der Waals surface area contributed by atoms with Gasteiger partial charge < -0.3 is 9.47 Å². The topological polar surface area (TPSA) is 64.8 Å². The molecule has 0 spiro atoms. The minimum absolute atomic E-state index is 0.0630. The molecule has 6 nitrogen and oxygen atoms in total. The molecule has 0 atom stereocenters. The van der Waals surface area contributed by atoms with Gasteiger partial charge in [-0.1, -0.05) is 24.3 Å². The van der Waals surface area contributed by atoms with Crippen LogP contribution in [0.5, 0.6) is 11.5 Å². The molecule has 1 aliphatic heterocycles. The van der Waals surface area contributed by atoms with Crippen LogP contribution in [0.15, 0.2) is 42.5 Å². The van der Waals surface area contributed by atoms with E-state index in [1.807, 2.05) is 0 Å². The Labute approximate surface area is 137 Å². The number of alkyl halides is 2. The van der Waals surface area contributed by atoms with E-state index in [0.717, 1.165) is 0 Å². The van der Waals surface area contributed by atoms with Crippen LogP contribution in [0, 0.1) is 10.1 Å². The van der Waals surface area contributed by atoms with Crippen molar-refractivity contribution in [2.75, 3.05) is 3.93 Å². The molecule has 0 radical (unpaired) electrons. The third-order valence-electron chi connectivity index (χ3n) is 3.16. The number of nitro benzene ring substituents is 1. The van der Waals surface area contributed by atoms with Gasteiger partial charge in [0.05, 0.1) is 27.6 Å². The van der Waals surface area contributed by atoms with Crippen molar-refractivity contribution < 1.29 is 23.2 Å². The molecule has 0 unspecified atom stereocenters. The van der Waals surface area contributed by atoms with Crippen LogP contribution in [0.2, 0.25) is 0 Å². The molecule has 0 amide bonds. The molecule has 23 heavy (non-hydrogen) atoms. The number of para-hydroxylation sites is 3. The normalized spacial score (nSPS) is 14.6. The van der Waals surface area contributed by atoms with Crippen molar-refractivity contribution in [2.24, 2.45) is 0 Å². The Morgan fingerprint density at radius 3 is 2.65 bits per heavy atom. The number of ether oxygens (including phenoxy) is 2. The minimum Gasteiger partial charge on any atom is -0.395 e. The molecule has 1 aliphatic rings. The smallest absolute Gasteiger partial charge is 0.395 e. The van der Waals surface area contributed by atoms with Crippen molar-refractivity contribution >= 4 is 27.5 Å². The molecule has 0 bridgehead atoms.